The second-order valence-corrected chi connectivity index (χ2v) is 8.88. The standard InChI is InChI=1S/C19H22FN3O5S/c1-13(19(24)14-4-6-15(20)7-5-14)21-17-9-8-16(23(25)26)12-18(17)29(27,28)22-10-2-3-11-22/h4-9,12-13,19,21,24H,2-3,10-11H2,1H3. The SMILES string of the molecule is CC(Nc1ccc([N+](=O)[O-])cc1S(=O)(=O)N1CCCC1)C(O)c1ccc(F)cc1. The first-order valence-corrected chi connectivity index (χ1v) is 10.6. The number of aliphatic hydroxyl groups excluding tert-OH is 1. The molecule has 0 aliphatic carbocycles. The summed E-state index contributed by atoms with van der Waals surface area (Å²) >= 11 is 0. The molecule has 29 heavy (non-hydrogen) atoms. The number of halogens is 1. The molecule has 0 radical (unpaired) electrons. The molecule has 0 saturated carbocycles. The molecule has 1 aliphatic heterocycles. The smallest absolute Gasteiger partial charge is 0.270 e. The van der Waals surface area contributed by atoms with Gasteiger partial charge in [-0.15, -0.1) is 0 Å². The number of nitrogens with one attached hydrogen (secondary N) is 1. The van der Waals surface area contributed by atoms with Crippen LogP contribution in [0.5, 0.6) is 0 Å². The predicted molar refractivity (Wildman–Crippen MR) is 106 cm³/mol. The fourth-order valence-electron chi connectivity index (χ4n) is 3.30. The number of nitro benzene ring substituents is 1. The van der Waals surface area contributed by atoms with Crippen molar-refractivity contribution < 1.29 is 22.8 Å². The third kappa shape index (κ3) is 4.55. The topological polar surface area (TPSA) is 113 Å². The Hall–Kier alpha value is -2.56. The van der Waals surface area contributed by atoms with E-state index in [1.807, 2.05) is 0 Å². The molecule has 2 atom stereocenters. The van der Waals surface area contributed by atoms with Crippen molar-refractivity contribution in [3.05, 3.63) is 64.0 Å². The van der Waals surface area contributed by atoms with Gasteiger partial charge in [-0.05, 0) is 43.5 Å². The Balaban J connectivity index is 1.93. The second kappa shape index (κ2) is 8.44. The quantitative estimate of drug-likeness (QED) is 0.523. The average Bonchev–Trinajstić information content (AvgIpc) is 3.23. The molecular formula is C19H22FN3O5S. The Morgan fingerprint density at radius 3 is 2.38 bits per heavy atom. The largest absolute Gasteiger partial charge is 0.386 e. The van der Waals surface area contributed by atoms with Crippen LogP contribution in [0.4, 0.5) is 15.8 Å². The molecular weight excluding hydrogens is 401 g/mol. The van der Waals surface area contributed by atoms with Crippen LogP contribution in [0.25, 0.3) is 0 Å². The van der Waals surface area contributed by atoms with Crippen molar-refractivity contribution >= 4 is 21.4 Å². The first kappa shape index (κ1) is 21.2. The maximum absolute atomic E-state index is 13.1. The fourth-order valence-corrected chi connectivity index (χ4v) is 4.99. The van der Waals surface area contributed by atoms with Gasteiger partial charge in [0.1, 0.15) is 10.7 Å². The first-order chi connectivity index (χ1) is 13.7. The Labute approximate surface area is 168 Å². The van der Waals surface area contributed by atoms with Crippen LogP contribution < -0.4 is 5.32 Å². The Bertz CT molecular complexity index is 991. The number of hydrogen-bond acceptors (Lipinski definition) is 6. The van der Waals surface area contributed by atoms with E-state index in [1.165, 1.54) is 40.7 Å². The maximum Gasteiger partial charge on any atom is 0.270 e. The lowest BCUT2D eigenvalue weighted by atomic mass is 10.0. The molecule has 3 rings (SSSR count). The van der Waals surface area contributed by atoms with Crippen LogP contribution >= 0.6 is 0 Å². The van der Waals surface area contributed by atoms with Gasteiger partial charge in [-0.3, -0.25) is 10.1 Å². The highest BCUT2D eigenvalue weighted by Gasteiger charge is 2.31. The molecule has 0 amide bonds. The first-order valence-electron chi connectivity index (χ1n) is 9.19. The van der Waals surface area contributed by atoms with E-state index in [0.717, 1.165) is 18.9 Å². The van der Waals surface area contributed by atoms with Crippen molar-refractivity contribution in [2.75, 3.05) is 18.4 Å². The lowest BCUT2D eigenvalue weighted by Gasteiger charge is -2.24. The minimum atomic E-state index is -3.93. The lowest BCUT2D eigenvalue weighted by Crippen LogP contribution is -2.30. The van der Waals surface area contributed by atoms with Crippen molar-refractivity contribution in [1.29, 1.82) is 0 Å². The molecule has 2 N–H and O–H groups in total. The van der Waals surface area contributed by atoms with Crippen LogP contribution in [-0.4, -0.2) is 41.9 Å². The summed E-state index contributed by atoms with van der Waals surface area (Å²) in [6.07, 6.45) is 0.417. The molecule has 1 aliphatic rings. The molecule has 0 aromatic heterocycles. The van der Waals surface area contributed by atoms with Gasteiger partial charge in [-0.25, -0.2) is 12.8 Å². The normalized spacial score (nSPS) is 17.1. The number of benzene rings is 2. The monoisotopic (exact) mass is 423 g/mol. The van der Waals surface area contributed by atoms with Gasteiger partial charge in [0.2, 0.25) is 10.0 Å². The van der Waals surface area contributed by atoms with Crippen molar-refractivity contribution in [3.8, 4) is 0 Å². The molecule has 0 bridgehead atoms. The van der Waals surface area contributed by atoms with Gasteiger partial charge in [0.15, 0.2) is 0 Å². The van der Waals surface area contributed by atoms with E-state index in [-0.39, 0.29) is 16.3 Å². The molecule has 1 fully saturated rings. The van der Waals surface area contributed by atoms with Gasteiger partial charge in [0.05, 0.1) is 22.8 Å². The van der Waals surface area contributed by atoms with Gasteiger partial charge in [0, 0.05) is 25.2 Å². The van der Waals surface area contributed by atoms with Gasteiger partial charge in [0.25, 0.3) is 5.69 Å². The fraction of sp³-hybridized carbons (Fsp3) is 0.368. The van der Waals surface area contributed by atoms with Crippen LogP contribution in [0, 0.1) is 15.9 Å². The Kier molecular flexibility index (Phi) is 6.15. The van der Waals surface area contributed by atoms with Gasteiger partial charge >= 0.3 is 0 Å². The molecule has 2 aromatic carbocycles. The minimum Gasteiger partial charge on any atom is -0.386 e. The summed E-state index contributed by atoms with van der Waals surface area (Å²) < 4.78 is 40.5. The van der Waals surface area contributed by atoms with Gasteiger partial charge in [-0.1, -0.05) is 12.1 Å². The zero-order valence-electron chi connectivity index (χ0n) is 15.8. The van der Waals surface area contributed by atoms with E-state index in [2.05, 4.69) is 5.32 Å². The summed E-state index contributed by atoms with van der Waals surface area (Å²) in [6, 6.07) is 8.26. The molecule has 2 aromatic rings. The number of hydrogen-bond donors (Lipinski definition) is 2. The summed E-state index contributed by atoms with van der Waals surface area (Å²) in [5, 5.41) is 24.6. The molecule has 1 heterocycles. The highest BCUT2D eigenvalue weighted by Crippen LogP contribution is 2.32. The number of non-ortho nitro benzene ring substituents is 1. The third-order valence-corrected chi connectivity index (χ3v) is 6.87. The summed E-state index contributed by atoms with van der Waals surface area (Å²) in [4.78, 5) is 10.3. The van der Waals surface area contributed by atoms with E-state index in [9.17, 15) is 28.0 Å². The van der Waals surface area contributed by atoms with Crippen LogP contribution in [0.3, 0.4) is 0 Å². The highest BCUT2D eigenvalue weighted by atomic mass is 32.2. The number of sulfonamides is 1. The molecule has 0 spiro atoms. The predicted octanol–water partition coefficient (Wildman–Crippen LogP) is 3.05. The number of nitro groups is 1. The molecule has 10 heteroatoms. The minimum absolute atomic E-state index is 0.163. The van der Waals surface area contributed by atoms with E-state index in [4.69, 9.17) is 0 Å². The lowest BCUT2D eigenvalue weighted by molar-refractivity contribution is -0.385. The summed E-state index contributed by atoms with van der Waals surface area (Å²) in [5.74, 6) is -0.434. The van der Waals surface area contributed by atoms with Crippen LogP contribution in [-0.2, 0) is 10.0 Å². The third-order valence-electron chi connectivity index (χ3n) is 4.93. The molecule has 156 valence electrons. The van der Waals surface area contributed by atoms with E-state index in [0.29, 0.717) is 18.7 Å². The number of aliphatic hydroxyl groups is 1. The van der Waals surface area contributed by atoms with Crippen molar-refractivity contribution in [3.63, 3.8) is 0 Å². The zero-order valence-corrected chi connectivity index (χ0v) is 16.6. The Morgan fingerprint density at radius 2 is 1.79 bits per heavy atom. The van der Waals surface area contributed by atoms with Crippen LogP contribution in [0.1, 0.15) is 31.4 Å². The van der Waals surface area contributed by atoms with E-state index >= 15 is 0 Å². The summed E-state index contributed by atoms with van der Waals surface area (Å²) in [7, 11) is -3.93. The Morgan fingerprint density at radius 1 is 1.17 bits per heavy atom. The second-order valence-electron chi connectivity index (χ2n) is 6.98. The van der Waals surface area contributed by atoms with Crippen molar-refractivity contribution in [1.82, 2.24) is 4.31 Å². The number of nitrogens with zero attached hydrogens (tertiary/aromatic N) is 2. The highest BCUT2D eigenvalue weighted by molar-refractivity contribution is 7.89. The summed E-state index contributed by atoms with van der Waals surface area (Å²) in [6.45, 7) is 2.36. The van der Waals surface area contributed by atoms with Crippen molar-refractivity contribution in [2.24, 2.45) is 0 Å². The zero-order chi connectivity index (χ0) is 21.2. The van der Waals surface area contributed by atoms with E-state index in [1.54, 1.807) is 6.92 Å². The molecule has 2 unspecified atom stereocenters. The summed E-state index contributed by atoms with van der Waals surface area (Å²) in [5.41, 5.74) is 0.286. The van der Waals surface area contributed by atoms with Crippen LogP contribution in [0.15, 0.2) is 47.4 Å². The molecule has 1 saturated heterocycles. The van der Waals surface area contributed by atoms with E-state index < -0.39 is 32.9 Å². The number of rotatable bonds is 7. The van der Waals surface area contributed by atoms with Gasteiger partial charge < -0.3 is 10.4 Å². The maximum atomic E-state index is 13.1. The molecule has 8 nitrogen and oxygen atoms in total. The van der Waals surface area contributed by atoms with Gasteiger partial charge in [-0.2, -0.15) is 4.31 Å². The average molecular weight is 423 g/mol. The van der Waals surface area contributed by atoms with Crippen LogP contribution in [0.2, 0.25) is 0 Å². The van der Waals surface area contributed by atoms with Crippen molar-refractivity contribution in [2.45, 2.75) is 36.8 Å². The number of anilines is 1.